The molecule has 0 spiro atoms. The molecule has 3 nitrogen and oxygen atoms in total. The first-order valence-corrected chi connectivity index (χ1v) is 8.36. The lowest BCUT2D eigenvalue weighted by Gasteiger charge is -2.46. The average molecular weight is 284 g/mol. The van der Waals surface area contributed by atoms with Gasteiger partial charge in [-0.2, -0.15) is 0 Å². The molecule has 0 N–H and O–H groups in total. The Morgan fingerprint density at radius 1 is 1.10 bits per heavy atom. The molecule has 1 aliphatic carbocycles. The fraction of sp³-hybridized carbons (Fsp3) is 0.611. The molecule has 1 aromatic rings. The molecule has 2 heterocycles. The van der Waals surface area contributed by atoms with Gasteiger partial charge in [0.25, 0.3) is 0 Å². The van der Waals surface area contributed by atoms with Crippen LogP contribution in [0.15, 0.2) is 30.3 Å². The van der Waals surface area contributed by atoms with Crippen molar-refractivity contribution in [1.82, 2.24) is 9.80 Å². The van der Waals surface area contributed by atoms with Crippen LogP contribution >= 0.6 is 0 Å². The standard InChI is InChI=1S/C18H24N2O/c21-18-17-10-16(8-9-19(17)11-15-6-7-15)13-20(18)12-14-4-2-1-3-5-14/h1-5,15-17H,6-13H2/t16-,17+/m0/s1. The van der Waals surface area contributed by atoms with Crippen molar-refractivity contribution in [3.63, 3.8) is 0 Å². The first kappa shape index (κ1) is 13.3. The number of rotatable bonds is 4. The van der Waals surface area contributed by atoms with Gasteiger partial charge in [-0.3, -0.25) is 9.69 Å². The van der Waals surface area contributed by atoms with Gasteiger partial charge in [-0.05, 0) is 49.6 Å². The summed E-state index contributed by atoms with van der Waals surface area (Å²) in [6.07, 6.45) is 5.10. The molecule has 1 saturated carbocycles. The molecular weight excluding hydrogens is 260 g/mol. The minimum atomic E-state index is 0.168. The van der Waals surface area contributed by atoms with Gasteiger partial charge >= 0.3 is 0 Å². The van der Waals surface area contributed by atoms with E-state index in [0.717, 1.165) is 38.5 Å². The normalized spacial score (nSPS) is 29.7. The highest BCUT2D eigenvalue weighted by molar-refractivity contribution is 5.83. The van der Waals surface area contributed by atoms with Gasteiger partial charge in [-0.1, -0.05) is 30.3 Å². The van der Waals surface area contributed by atoms with Crippen LogP contribution in [0, 0.1) is 11.8 Å². The smallest absolute Gasteiger partial charge is 0.240 e. The second-order valence-electron chi connectivity index (χ2n) is 7.05. The zero-order valence-electron chi connectivity index (χ0n) is 12.6. The van der Waals surface area contributed by atoms with Crippen LogP contribution in [-0.2, 0) is 11.3 Å². The molecule has 1 aromatic carbocycles. The highest BCUT2D eigenvalue weighted by atomic mass is 16.2. The topological polar surface area (TPSA) is 23.6 Å². The van der Waals surface area contributed by atoms with Gasteiger partial charge in [-0.25, -0.2) is 0 Å². The van der Waals surface area contributed by atoms with Gasteiger partial charge in [0.2, 0.25) is 5.91 Å². The van der Waals surface area contributed by atoms with Gasteiger partial charge in [0, 0.05) is 19.6 Å². The van der Waals surface area contributed by atoms with Gasteiger partial charge in [-0.15, -0.1) is 0 Å². The highest BCUT2D eigenvalue weighted by Gasteiger charge is 2.42. The Bertz CT molecular complexity index is 511. The number of fused-ring (bicyclic) bond motifs is 2. The van der Waals surface area contributed by atoms with E-state index in [0.29, 0.717) is 11.8 Å². The molecule has 112 valence electrons. The first-order chi connectivity index (χ1) is 10.3. The van der Waals surface area contributed by atoms with Crippen molar-refractivity contribution in [2.24, 2.45) is 11.8 Å². The zero-order chi connectivity index (χ0) is 14.2. The number of piperidine rings is 2. The number of amides is 1. The van der Waals surface area contributed by atoms with Crippen LogP contribution < -0.4 is 0 Å². The molecule has 21 heavy (non-hydrogen) atoms. The van der Waals surface area contributed by atoms with Crippen molar-refractivity contribution in [2.45, 2.75) is 38.3 Å². The van der Waals surface area contributed by atoms with Crippen molar-refractivity contribution in [1.29, 1.82) is 0 Å². The maximum atomic E-state index is 12.8. The van der Waals surface area contributed by atoms with Crippen molar-refractivity contribution in [3.8, 4) is 0 Å². The number of nitrogens with zero attached hydrogens (tertiary/aromatic N) is 2. The van der Waals surface area contributed by atoms with E-state index in [-0.39, 0.29) is 6.04 Å². The lowest BCUT2D eigenvalue weighted by atomic mass is 9.85. The average Bonchev–Trinajstić information content (AvgIpc) is 3.32. The number of likely N-dealkylation sites (tertiary alicyclic amines) is 2. The quantitative estimate of drug-likeness (QED) is 0.848. The zero-order valence-corrected chi connectivity index (χ0v) is 12.6. The molecule has 2 atom stereocenters. The third kappa shape index (κ3) is 2.84. The van der Waals surface area contributed by atoms with Gasteiger partial charge in [0.15, 0.2) is 0 Å². The minimum absolute atomic E-state index is 0.168. The van der Waals surface area contributed by atoms with E-state index < -0.39 is 0 Å². The molecule has 2 aliphatic heterocycles. The molecule has 0 radical (unpaired) electrons. The summed E-state index contributed by atoms with van der Waals surface area (Å²) < 4.78 is 0. The summed E-state index contributed by atoms with van der Waals surface area (Å²) in [5, 5.41) is 0. The van der Waals surface area contributed by atoms with E-state index >= 15 is 0 Å². The molecule has 3 aliphatic rings. The Hall–Kier alpha value is -1.35. The predicted molar refractivity (Wildman–Crippen MR) is 82.7 cm³/mol. The van der Waals surface area contributed by atoms with Crippen molar-refractivity contribution >= 4 is 5.91 Å². The fourth-order valence-electron chi connectivity index (χ4n) is 3.92. The van der Waals surface area contributed by atoms with E-state index in [9.17, 15) is 4.79 Å². The Balaban J connectivity index is 1.47. The molecule has 2 saturated heterocycles. The number of carbonyl (C=O) groups is 1. The van der Waals surface area contributed by atoms with Crippen LogP contribution in [0.2, 0.25) is 0 Å². The lowest BCUT2D eigenvalue weighted by Crippen LogP contribution is -2.58. The first-order valence-electron chi connectivity index (χ1n) is 8.36. The van der Waals surface area contributed by atoms with Crippen LogP contribution in [-0.4, -0.2) is 41.4 Å². The molecule has 0 aromatic heterocycles. The van der Waals surface area contributed by atoms with Crippen LogP contribution in [0.25, 0.3) is 0 Å². The summed E-state index contributed by atoms with van der Waals surface area (Å²) in [5.74, 6) is 1.96. The molecule has 3 heteroatoms. The van der Waals surface area contributed by atoms with Crippen molar-refractivity contribution in [3.05, 3.63) is 35.9 Å². The second-order valence-corrected chi connectivity index (χ2v) is 7.05. The van der Waals surface area contributed by atoms with Crippen LogP contribution in [0.5, 0.6) is 0 Å². The van der Waals surface area contributed by atoms with E-state index in [4.69, 9.17) is 0 Å². The molecular formula is C18H24N2O. The molecule has 3 fully saturated rings. The number of benzene rings is 1. The Morgan fingerprint density at radius 3 is 2.67 bits per heavy atom. The Morgan fingerprint density at radius 2 is 1.90 bits per heavy atom. The number of hydrogen-bond acceptors (Lipinski definition) is 2. The van der Waals surface area contributed by atoms with E-state index in [1.165, 1.54) is 24.8 Å². The van der Waals surface area contributed by atoms with Gasteiger partial charge in [0.05, 0.1) is 6.04 Å². The third-order valence-corrected chi connectivity index (χ3v) is 5.30. The van der Waals surface area contributed by atoms with Gasteiger partial charge in [0.1, 0.15) is 0 Å². The van der Waals surface area contributed by atoms with Crippen molar-refractivity contribution < 1.29 is 4.79 Å². The SMILES string of the molecule is O=C1[C@H]2C[C@H](CCN2CC2CC2)CN1Cc1ccccc1. The molecule has 0 unspecified atom stereocenters. The summed E-state index contributed by atoms with van der Waals surface area (Å²) >= 11 is 0. The molecule has 2 bridgehead atoms. The summed E-state index contributed by atoms with van der Waals surface area (Å²) in [6.45, 7) is 4.03. The Kier molecular flexibility index (Phi) is 3.46. The Labute approximate surface area is 126 Å². The van der Waals surface area contributed by atoms with Crippen LogP contribution in [0.3, 0.4) is 0 Å². The molecule has 4 rings (SSSR count). The van der Waals surface area contributed by atoms with E-state index in [1.54, 1.807) is 0 Å². The van der Waals surface area contributed by atoms with E-state index in [1.807, 2.05) is 6.07 Å². The maximum absolute atomic E-state index is 12.8. The van der Waals surface area contributed by atoms with Crippen LogP contribution in [0.4, 0.5) is 0 Å². The van der Waals surface area contributed by atoms with E-state index in [2.05, 4.69) is 34.1 Å². The fourth-order valence-corrected chi connectivity index (χ4v) is 3.92. The second kappa shape index (κ2) is 5.45. The maximum Gasteiger partial charge on any atom is 0.240 e. The van der Waals surface area contributed by atoms with Crippen molar-refractivity contribution in [2.75, 3.05) is 19.6 Å². The number of carbonyl (C=O) groups excluding carboxylic acids is 1. The van der Waals surface area contributed by atoms with Gasteiger partial charge < -0.3 is 4.90 Å². The summed E-state index contributed by atoms with van der Waals surface area (Å²) in [7, 11) is 0. The minimum Gasteiger partial charge on any atom is -0.337 e. The highest BCUT2D eigenvalue weighted by Crippen LogP contribution is 2.35. The predicted octanol–water partition coefficient (Wildman–Crippen LogP) is 2.52. The third-order valence-electron chi connectivity index (χ3n) is 5.30. The number of hydrogen-bond donors (Lipinski definition) is 0. The summed E-state index contributed by atoms with van der Waals surface area (Å²) in [4.78, 5) is 17.4. The lowest BCUT2D eigenvalue weighted by molar-refractivity contribution is -0.146. The summed E-state index contributed by atoms with van der Waals surface area (Å²) in [6, 6.07) is 10.6. The monoisotopic (exact) mass is 284 g/mol. The summed E-state index contributed by atoms with van der Waals surface area (Å²) in [5.41, 5.74) is 1.25. The molecule has 1 amide bonds. The largest absolute Gasteiger partial charge is 0.337 e. The van der Waals surface area contributed by atoms with Crippen LogP contribution in [0.1, 0.15) is 31.2 Å².